The molecule has 0 N–H and O–H groups in total. The first-order valence-electron chi connectivity index (χ1n) is 9.83. The number of benzene rings is 2. The second-order valence-electron chi connectivity index (χ2n) is 7.41. The number of aryl methyl sites for hydroxylation is 1. The first-order chi connectivity index (χ1) is 13.5. The largest absolute Gasteiger partial charge is 0.496 e. The van der Waals surface area contributed by atoms with Gasteiger partial charge >= 0.3 is 0 Å². The molecule has 2 aromatic rings. The standard InChI is InChI=1S/C24H28N2O2/c1-6-10-22-21(24(27)26(25-22)19-11-8-7-9-12-19)15-18-14-20(16(2)3)23(28-5)13-17(18)4/h7-9,11-16H,6,10H2,1-5H3/b21-15+. The van der Waals surface area contributed by atoms with Crippen molar-refractivity contribution in [1.82, 2.24) is 0 Å². The van der Waals surface area contributed by atoms with Gasteiger partial charge in [0, 0.05) is 0 Å². The van der Waals surface area contributed by atoms with Gasteiger partial charge in [0.2, 0.25) is 0 Å². The molecular weight excluding hydrogens is 348 g/mol. The Kier molecular flexibility index (Phi) is 5.98. The van der Waals surface area contributed by atoms with Gasteiger partial charge in [-0.05, 0) is 66.3 Å². The lowest BCUT2D eigenvalue weighted by atomic mass is 9.94. The van der Waals surface area contributed by atoms with Crippen LogP contribution in [0.25, 0.3) is 6.08 Å². The summed E-state index contributed by atoms with van der Waals surface area (Å²) in [5.74, 6) is 1.15. The summed E-state index contributed by atoms with van der Waals surface area (Å²) in [4.78, 5) is 13.2. The number of hydrazone groups is 1. The molecule has 146 valence electrons. The summed E-state index contributed by atoms with van der Waals surface area (Å²) >= 11 is 0. The van der Waals surface area contributed by atoms with Crippen LogP contribution in [0.2, 0.25) is 0 Å². The molecule has 0 saturated heterocycles. The molecule has 0 spiro atoms. The average Bonchev–Trinajstić information content (AvgIpc) is 2.99. The molecule has 4 nitrogen and oxygen atoms in total. The highest BCUT2D eigenvalue weighted by Crippen LogP contribution is 2.32. The number of hydrogen-bond donors (Lipinski definition) is 0. The first-order valence-corrected chi connectivity index (χ1v) is 9.83. The molecule has 0 aliphatic carbocycles. The summed E-state index contributed by atoms with van der Waals surface area (Å²) in [6, 6.07) is 13.8. The van der Waals surface area contributed by atoms with Crippen LogP contribution in [0, 0.1) is 6.92 Å². The normalized spacial score (nSPS) is 15.5. The van der Waals surface area contributed by atoms with Crippen LogP contribution in [-0.2, 0) is 4.79 Å². The van der Waals surface area contributed by atoms with Crippen LogP contribution in [0.4, 0.5) is 5.69 Å². The van der Waals surface area contributed by atoms with Gasteiger partial charge in [-0.3, -0.25) is 4.79 Å². The highest BCUT2D eigenvalue weighted by Gasteiger charge is 2.30. The Bertz CT molecular complexity index is 927. The van der Waals surface area contributed by atoms with Crippen molar-refractivity contribution in [2.75, 3.05) is 12.1 Å². The van der Waals surface area contributed by atoms with E-state index in [0.29, 0.717) is 11.5 Å². The average molecular weight is 377 g/mol. The number of para-hydroxylation sites is 1. The van der Waals surface area contributed by atoms with Crippen LogP contribution in [0.3, 0.4) is 0 Å². The zero-order valence-corrected chi connectivity index (χ0v) is 17.3. The van der Waals surface area contributed by atoms with Gasteiger partial charge in [-0.2, -0.15) is 10.1 Å². The third-order valence-electron chi connectivity index (χ3n) is 4.98. The van der Waals surface area contributed by atoms with Crippen molar-refractivity contribution in [2.24, 2.45) is 5.10 Å². The van der Waals surface area contributed by atoms with Gasteiger partial charge in [-0.1, -0.05) is 45.4 Å². The van der Waals surface area contributed by atoms with Gasteiger partial charge in [0.15, 0.2) is 0 Å². The van der Waals surface area contributed by atoms with Crippen molar-refractivity contribution < 1.29 is 9.53 Å². The third-order valence-corrected chi connectivity index (χ3v) is 4.98. The monoisotopic (exact) mass is 376 g/mol. The summed E-state index contributed by atoms with van der Waals surface area (Å²) in [6.45, 7) is 8.44. The summed E-state index contributed by atoms with van der Waals surface area (Å²) in [5, 5.41) is 6.15. The van der Waals surface area contributed by atoms with Gasteiger partial charge in [0.1, 0.15) is 5.75 Å². The number of nitrogens with zero attached hydrogens (tertiary/aromatic N) is 2. The summed E-state index contributed by atoms with van der Waals surface area (Å²) in [5.41, 5.74) is 5.56. The van der Waals surface area contributed by atoms with Gasteiger partial charge in [0.05, 0.1) is 24.1 Å². The van der Waals surface area contributed by atoms with E-state index >= 15 is 0 Å². The maximum atomic E-state index is 13.2. The van der Waals surface area contributed by atoms with Gasteiger partial charge < -0.3 is 4.74 Å². The van der Waals surface area contributed by atoms with Crippen molar-refractivity contribution in [3.05, 3.63) is 64.7 Å². The number of methoxy groups -OCH3 is 1. The number of carbonyl (C=O) groups excluding carboxylic acids is 1. The van der Waals surface area contributed by atoms with Crippen molar-refractivity contribution in [3.8, 4) is 5.75 Å². The molecule has 3 rings (SSSR count). The number of hydrogen-bond acceptors (Lipinski definition) is 3. The van der Waals surface area contributed by atoms with E-state index < -0.39 is 0 Å². The summed E-state index contributed by atoms with van der Waals surface area (Å²) in [7, 11) is 1.70. The molecule has 0 bridgehead atoms. The van der Waals surface area contributed by atoms with Crippen LogP contribution in [0.1, 0.15) is 56.2 Å². The van der Waals surface area contributed by atoms with Crippen LogP contribution in [0.5, 0.6) is 5.75 Å². The van der Waals surface area contributed by atoms with Crippen LogP contribution in [-0.4, -0.2) is 18.7 Å². The molecule has 0 fully saturated rings. The number of rotatable bonds is 6. The Labute approximate surface area is 167 Å². The Morgan fingerprint density at radius 3 is 2.50 bits per heavy atom. The van der Waals surface area contributed by atoms with E-state index in [-0.39, 0.29) is 5.91 Å². The molecule has 1 aliphatic heterocycles. The smallest absolute Gasteiger partial charge is 0.280 e. The molecule has 0 radical (unpaired) electrons. The van der Waals surface area contributed by atoms with Gasteiger partial charge in [-0.25, -0.2) is 0 Å². The number of anilines is 1. The molecule has 1 amide bonds. The molecule has 4 heteroatoms. The zero-order chi connectivity index (χ0) is 20.3. The lowest BCUT2D eigenvalue weighted by molar-refractivity contribution is -0.114. The summed E-state index contributed by atoms with van der Waals surface area (Å²) in [6.07, 6.45) is 3.69. The summed E-state index contributed by atoms with van der Waals surface area (Å²) < 4.78 is 5.55. The Balaban J connectivity index is 2.06. The van der Waals surface area contributed by atoms with E-state index in [2.05, 4.69) is 31.9 Å². The second-order valence-corrected chi connectivity index (χ2v) is 7.41. The van der Waals surface area contributed by atoms with Crippen molar-refractivity contribution in [2.45, 2.75) is 46.5 Å². The predicted molar refractivity (Wildman–Crippen MR) is 116 cm³/mol. The van der Waals surface area contributed by atoms with E-state index in [1.54, 1.807) is 7.11 Å². The van der Waals surface area contributed by atoms with Gasteiger partial charge in [0.25, 0.3) is 5.91 Å². The molecule has 2 aromatic carbocycles. The first kappa shape index (κ1) is 19.9. The molecule has 0 saturated carbocycles. The maximum absolute atomic E-state index is 13.2. The zero-order valence-electron chi connectivity index (χ0n) is 17.3. The highest BCUT2D eigenvalue weighted by atomic mass is 16.5. The van der Waals surface area contributed by atoms with E-state index in [1.807, 2.05) is 49.4 Å². The molecule has 0 unspecified atom stereocenters. The fourth-order valence-electron chi connectivity index (χ4n) is 3.42. The van der Waals surface area contributed by atoms with E-state index in [1.165, 1.54) is 5.01 Å². The highest BCUT2D eigenvalue weighted by molar-refractivity contribution is 6.32. The maximum Gasteiger partial charge on any atom is 0.280 e. The van der Waals surface area contributed by atoms with Crippen LogP contribution < -0.4 is 9.75 Å². The molecule has 1 aliphatic rings. The molecule has 28 heavy (non-hydrogen) atoms. The molecule has 0 aromatic heterocycles. The fraction of sp³-hybridized carbons (Fsp3) is 0.333. The minimum absolute atomic E-state index is 0.0732. The third kappa shape index (κ3) is 3.86. The Morgan fingerprint density at radius 2 is 1.89 bits per heavy atom. The lowest BCUT2D eigenvalue weighted by Crippen LogP contribution is -2.21. The number of ether oxygens (including phenoxy) is 1. The van der Waals surface area contributed by atoms with E-state index in [9.17, 15) is 4.79 Å². The van der Waals surface area contributed by atoms with E-state index in [0.717, 1.165) is 46.7 Å². The van der Waals surface area contributed by atoms with Crippen LogP contribution in [0.15, 0.2) is 53.1 Å². The second kappa shape index (κ2) is 8.42. The Hall–Kier alpha value is -2.88. The van der Waals surface area contributed by atoms with E-state index in [4.69, 9.17) is 4.74 Å². The minimum Gasteiger partial charge on any atom is -0.496 e. The molecule has 0 atom stereocenters. The predicted octanol–water partition coefficient (Wildman–Crippen LogP) is 5.71. The number of amides is 1. The van der Waals surface area contributed by atoms with Crippen molar-refractivity contribution in [1.29, 1.82) is 0 Å². The van der Waals surface area contributed by atoms with Crippen molar-refractivity contribution >= 4 is 23.4 Å². The number of carbonyl (C=O) groups is 1. The van der Waals surface area contributed by atoms with Crippen molar-refractivity contribution in [3.63, 3.8) is 0 Å². The van der Waals surface area contributed by atoms with Crippen LogP contribution >= 0.6 is 0 Å². The van der Waals surface area contributed by atoms with Gasteiger partial charge in [-0.15, -0.1) is 0 Å². The molecule has 1 heterocycles. The minimum atomic E-state index is -0.0732. The fourth-order valence-corrected chi connectivity index (χ4v) is 3.42. The SMILES string of the molecule is CCCC1=NN(c2ccccc2)C(=O)/C1=C/c1cc(C(C)C)c(OC)cc1C. The molecular formula is C24H28N2O2. The Morgan fingerprint density at radius 1 is 1.18 bits per heavy atom. The lowest BCUT2D eigenvalue weighted by Gasteiger charge is -2.15. The topological polar surface area (TPSA) is 41.9 Å². The quantitative estimate of drug-likeness (QED) is 0.606.